The van der Waals surface area contributed by atoms with Crippen LogP contribution >= 0.6 is 0 Å². The highest BCUT2D eigenvalue weighted by atomic mass is 16.5. The fourth-order valence-electron chi connectivity index (χ4n) is 2.41. The third-order valence-electron chi connectivity index (χ3n) is 3.98. The number of hydrogen-bond acceptors (Lipinski definition) is 8. The van der Waals surface area contributed by atoms with Crippen molar-refractivity contribution in [1.82, 2.24) is 5.32 Å². The average molecular weight is 387 g/mol. The molecule has 10 nitrogen and oxygen atoms in total. The van der Waals surface area contributed by atoms with E-state index in [-0.39, 0.29) is 6.42 Å². The second-order valence-corrected chi connectivity index (χ2v) is 6.28. The van der Waals surface area contributed by atoms with Crippen molar-refractivity contribution in [3.63, 3.8) is 0 Å². The van der Waals surface area contributed by atoms with Crippen LogP contribution in [0.25, 0.3) is 0 Å². The first-order valence-electron chi connectivity index (χ1n) is 8.23. The third kappa shape index (κ3) is 7.59. The molecule has 1 rings (SSSR count). The van der Waals surface area contributed by atoms with E-state index in [1.807, 2.05) is 0 Å². The maximum absolute atomic E-state index is 12.2. The first kappa shape index (κ1) is 23.0. The average Bonchev–Trinajstić information content (AvgIpc) is 2.60. The summed E-state index contributed by atoms with van der Waals surface area (Å²) in [4.78, 5) is 23.0. The van der Waals surface area contributed by atoms with Gasteiger partial charge in [0.1, 0.15) is 6.10 Å². The first-order chi connectivity index (χ1) is 12.6. The number of amides is 1. The number of carbonyl (C=O) groups is 2. The van der Waals surface area contributed by atoms with Crippen LogP contribution in [-0.4, -0.2) is 84.4 Å². The Bertz CT molecular complexity index is 608. The molecule has 0 aliphatic rings. The van der Waals surface area contributed by atoms with Crippen LogP contribution in [0, 0.1) is 0 Å². The smallest absolute Gasteiger partial charge is 0.364 e. The Hall–Kier alpha value is -2.08. The second kappa shape index (κ2) is 10.3. The van der Waals surface area contributed by atoms with E-state index in [4.69, 9.17) is 10.2 Å². The third-order valence-corrected chi connectivity index (χ3v) is 3.98. The van der Waals surface area contributed by atoms with Crippen LogP contribution in [0.2, 0.25) is 0 Å². The zero-order chi connectivity index (χ0) is 20.6. The fourth-order valence-corrected chi connectivity index (χ4v) is 2.41. The van der Waals surface area contributed by atoms with Crippen LogP contribution in [0.4, 0.5) is 0 Å². The van der Waals surface area contributed by atoms with Crippen LogP contribution in [0.3, 0.4) is 0 Å². The Balaban J connectivity index is 2.86. The summed E-state index contributed by atoms with van der Waals surface area (Å²) < 4.78 is 0. The van der Waals surface area contributed by atoms with Gasteiger partial charge in [-0.2, -0.15) is 0 Å². The zero-order valence-corrected chi connectivity index (χ0v) is 14.5. The predicted octanol–water partition coefficient (Wildman–Crippen LogP) is -2.67. The molecular weight excluding hydrogens is 362 g/mol. The van der Waals surface area contributed by atoms with Crippen molar-refractivity contribution in [2.45, 2.75) is 49.4 Å². The van der Waals surface area contributed by atoms with Crippen molar-refractivity contribution < 1.29 is 45.3 Å². The van der Waals surface area contributed by atoms with Crippen LogP contribution in [-0.2, 0) is 16.0 Å². The van der Waals surface area contributed by atoms with Gasteiger partial charge in [-0.3, -0.25) is 4.79 Å². The summed E-state index contributed by atoms with van der Waals surface area (Å²) in [6, 6.07) is 7.26. The largest absolute Gasteiger partial charge is 0.477 e. The number of nitrogens with one attached hydrogen (secondary N) is 1. The van der Waals surface area contributed by atoms with E-state index in [2.05, 4.69) is 5.32 Å². The molecule has 0 radical (unpaired) electrons. The van der Waals surface area contributed by atoms with Crippen LogP contribution in [0.1, 0.15) is 18.4 Å². The van der Waals surface area contributed by atoms with E-state index in [0.29, 0.717) is 5.56 Å². The lowest BCUT2D eigenvalue weighted by Gasteiger charge is -2.30. The Labute approximate surface area is 155 Å². The van der Waals surface area contributed by atoms with E-state index in [9.17, 15) is 35.1 Å². The lowest BCUT2D eigenvalue weighted by Crippen LogP contribution is -2.52. The zero-order valence-electron chi connectivity index (χ0n) is 14.5. The summed E-state index contributed by atoms with van der Waals surface area (Å²) in [6.07, 6.45) is -6.47. The number of carboxylic acids is 1. The molecule has 1 aromatic rings. The number of hydrogen-bond donors (Lipinski definition) is 8. The van der Waals surface area contributed by atoms with Crippen molar-refractivity contribution in [3.8, 4) is 0 Å². The molecule has 0 aliphatic heterocycles. The van der Waals surface area contributed by atoms with Gasteiger partial charge in [-0.15, -0.1) is 0 Å². The van der Waals surface area contributed by atoms with E-state index in [1.165, 1.54) is 0 Å². The van der Waals surface area contributed by atoms with Gasteiger partial charge < -0.3 is 41.1 Å². The van der Waals surface area contributed by atoms with E-state index in [0.717, 1.165) is 0 Å². The molecule has 0 heterocycles. The molecule has 27 heavy (non-hydrogen) atoms. The topological polar surface area (TPSA) is 188 Å². The standard InChI is InChI=1S/C17H25NO9/c19-9-14(22)12(20)7-11(13(21)8-17(26,27)16(24)25)18-15(23)6-10-4-2-1-3-5-10/h1-5,11-14,19-22,26-27H,6-9H2,(H,18,23)(H,24,25)/t11-,12-,13+,14+/m0/s1. The quantitative estimate of drug-likeness (QED) is 0.187. The molecule has 0 aromatic heterocycles. The van der Waals surface area contributed by atoms with Gasteiger partial charge >= 0.3 is 5.97 Å². The number of benzene rings is 1. The molecule has 152 valence electrons. The van der Waals surface area contributed by atoms with Gasteiger partial charge in [0, 0.05) is 6.42 Å². The summed E-state index contributed by atoms with van der Waals surface area (Å²) in [5.74, 6) is -5.82. The van der Waals surface area contributed by atoms with Gasteiger partial charge in [0.2, 0.25) is 5.91 Å². The Morgan fingerprint density at radius 2 is 1.59 bits per heavy atom. The SMILES string of the molecule is O=C(Cc1ccccc1)N[C@@H](C[C@H](O)[C@H](O)CO)[C@H](O)CC(O)(O)C(=O)O. The van der Waals surface area contributed by atoms with Crippen molar-refractivity contribution in [2.24, 2.45) is 0 Å². The Kier molecular flexibility index (Phi) is 8.76. The van der Waals surface area contributed by atoms with Crippen LogP contribution in [0.5, 0.6) is 0 Å². The van der Waals surface area contributed by atoms with Gasteiger partial charge in [0.15, 0.2) is 0 Å². The minimum atomic E-state index is -3.25. The fraction of sp³-hybridized carbons (Fsp3) is 0.529. The van der Waals surface area contributed by atoms with Gasteiger partial charge in [-0.1, -0.05) is 30.3 Å². The number of aliphatic hydroxyl groups excluding tert-OH is 4. The van der Waals surface area contributed by atoms with Crippen LogP contribution < -0.4 is 5.32 Å². The van der Waals surface area contributed by atoms with E-state index >= 15 is 0 Å². The number of aliphatic hydroxyl groups is 6. The predicted molar refractivity (Wildman–Crippen MR) is 91.2 cm³/mol. The highest BCUT2D eigenvalue weighted by molar-refractivity contribution is 5.79. The molecule has 1 amide bonds. The number of carbonyl (C=O) groups excluding carboxylic acids is 1. The van der Waals surface area contributed by atoms with Crippen molar-refractivity contribution in [3.05, 3.63) is 35.9 Å². The Morgan fingerprint density at radius 1 is 1.00 bits per heavy atom. The normalized spacial score (nSPS) is 16.2. The molecule has 0 spiro atoms. The molecule has 10 heteroatoms. The molecule has 0 bridgehead atoms. The summed E-state index contributed by atoms with van der Waals surface area (Å²) >= 11 is 0. The summed E-state index contributed by atoms with van der Waals surface area (Å²) in [5.41, 5.74) is 0.656. The number of carboxylic acid groups (broad SMARTS) is 1. The van der Waals surface area contributed by atoms with Crippen LogP contribution in [0.15, 0.2) is 30.3 Å². The minimum absolute atomic E-state index is 0.0783. The van der Waals surface area contributed by atoms with E-state index < -0.39 is 61.5 Å². The van der Waals surface area contributed by atoms with Gasteiger partial charge in [0.25, 0.3) is 5.79 Å². The van der Waals surface area contributed by atoms with Gasteiger partial charge in [-0.25, -0.2) is 4.79 Å². The second-order valence-electron chi connectivity index (χ2n) is 6.28. The monoisotopic (exact) mass is 387 g/mol. The molecule has 1 aromatic carbocycles. The first-order valence-corrected chi connectivity index (χ1v) is 8.23. The summed E-state index contributed by atoms with van der Waals surface area (Å²) in [7, 11) is 0. The van der Waals surface area contributed by atoms with Crippen molar-refractivity contribution >= 4 is 11.9 Å². The number of rotatable bonds is 11. The lowest BCUT2D eigenvalue weighted by molar-refractivity contribution is -0.213. The van der Waals surface area contributed by atoms with Gasteiger partial charge in [-0.05, 0) is 12.0 Å². The minimum Gasteiger partial charge on any atom is -0.477 e. The molecule has 0 saturated carbocycles. The molecule has 4 atom stereocenters. The molecule has 0 unspecified atom stereocenters. The maximum Gasteiger partial charge on any atom is 0.364 e. The van der Waals surface area contributed by atoms with Crippen molar-refractivity contribution in [1.29, 1.82) is 0 Å². The van der Waals surface area contributed by atoms with Gasteiger partial charge in [0.05, 0.1) is 31.3 Å². The number of aliphatic carboxylic acids is 1. The van der Waals surface area contributed by atoms with Crippen molar-refractivity contribution in [2.75, 3.05) is 6.61 Å². The maximum atomic E-state index is 12.2. The lowest BCUT2D eigenvalue weighted by atomic mass is 9.95. The van der Waals surface area contributed by atoms with E-state index in [1.54, 1.807) is 30.3 Å². The Morgan fingerprint density at radius 3 is 2.11 bits per heavy atom. The molecule has 0 aliphatic carbocycles. The molecular formula is C17H25NO9. The highest BCUT2D eigenvalue weighted by Crippen LogP contribution is 2.17. The molecule has 8 N–H and O–H groups in total. The molecule has 0 fully saturated rings. The molecule has 0 saturated heterocycles. The summed E-state index contributed by atoms with van der Waals surface area (Å²) in [6.45, 7) is -0.777. The highest BCUT2D eigenvalue weighted by Gasteiger charge is 2.39. The summed E-state index contributed by atoms with van der Waals surface area (Å²) in [5, 5.41) is 68.2.